The molecule has 4 rings (SSSR count). The van der Waals surface area contributed by atoms with Gasteiger partial charge in [0.2, 0.25) is 21.8 Å². The summed E-state index contributed by atoms with van der Waals surface area (Å²) >= 11 is 0. The van der Waals surface area contributed by atoms with E-state index in [0.29, 0.717) is 5.56 Å². The molecule has 234 valence electrons. The summed E-state index contributed by atoms with van der Waals surface area (Å²) < 4.78 is 27.1. The van der Waals surface area contributed by atoms with Gasteiger partial charge in [-0.05, 0) is 43.4 Å². The number of amides is 2. The number of hydrogen-bond donors (Lipinski definition) is 1. The Morgan fingerprint density at radius 1 is 0.955 bits per heavy atom. The highest BCUT2D eigenvalue weighted by Gasteiger charge is 2.34. The summed E-state index contributed by atoms with van der Waals surface area (Å²) in [6, 6.07) is 20.0. The van der Waals surface area contributed by atoms with Crippen molar-refractivity contribution >= 4 is 33.2 Å². The van der Waals surface area contributed by atoms with Crippen molar-refractivity contribution < 1.29 is 22.9 Å². The number of nitro benzene ring substituents is 1. The van der Waals surface area contributed by atoms with Gasteiger partial charge in [0.25, 0.3) is 5.69 Å². The van der Waals surface area contributed by atoms with Gasteiger partial charge in [0, 0.05) is 31.1 Å². The van der Waals surface area contributed by atoms with Crippen molar-refractivity contribution in [3.8, 4) is 0 Å². The number of benzene rings is 3. The van der Waals surface area contributed by atoms with E-state index in [-0.39, 0.29) is 36.3 Å². The van der Waals surface area contributed by atoms with Crippen LogP contribution in [0.15, 0.2) is 72.8 Å². The number of nitrogens with one attached hydrogen (secondary N) is 1. The molecule has 1 fully saturated rings. The van der Waals surface area contributed by atoms with Gasteiger partial charge in [-0.1, -0.05) is 85.5 Å². The summed E-state index contributed by atoms with van der Waals surface area (Å²) in [6.07, 6.45) is 6.08. The molecule has 1 saturated carbocycles. The quantitative estimate of drug-likeness (QED) is 0.222. The standard InChI is InChI=1S/C33H40N4O6S/c1-24-14-17-27(18-15-24)22-35(31(20-26-10-6-4-7-11-26)33(39)34-28-12-8-5-9-13-28)32(38)23-36(44(3,42)43)30-21-29(37(40)41)19-16-25(30)2/h4,6-7,10-11,14-19,21,28,31H,5,8-9,12-13,20,22-23H2,1-3H3,(H,34,39). The molecule has 44 heavy (non-hydrogen) atoms. The summed E-state index contributed by atoms with van der Waals surface area (Å²) in [4.78, 5) is 40.7. The normalized spacial score (nSPS) is 14.4. The van der Waals surface area contributed by atoms with Gasteiger partial charge >= 0.3 is 0 Å². The van der Waals surface area contributed by atoms with Gasteiger partial charge in [0.1, 0.15) is 12.6 Å². The predicted octanol–water partition coefficient (Wildman–Crippen LogP) is 5.07. The maximum absolute atomic E-state index is 14.3. The van der Waals surface area contributed by atoms with E-state index in [1.54, 1.807) is 6.92 Å². The molecular weight excluding hydrogens is 580 g/mol. The first kappa shape index (κ1) is 32.7. The van der Waals surface area contributed by atoms with Crippen molar-refractivity contribution in [3.63, 3.8) is 0 Å². The monoisotopic (exact) mass is 620 g/mol. The van der Waals surface area contributed by atoms with Crippen LogP contribution in [0.25, 0.3) is 0 Å². The second kappa shape index (κ2) is 14.5. The number of aryl methyl sites for hydroxylation is 2. The van der Waals surface area contributed by atoms with Gasteiger partial charge in [-0.25, -0.2) is 8.42 Å². The van der Waals surface area contributed by atoms with Gasteiger partial charge in [-0.15, -0.1) is 0 Å². The van der Waals surface area contributed by atoms with Crippen molar-refractivity contribution in [2.45, 2.75) is 71.0 Å². The summed E-state index contributed by atoms with van der Waals surface area (Å²) in [5.41, 5.74) is 2.87. The second-order valence-corrected chi connectivity index (χ2v) is 13.5. The van der Waals surface area contributed by atoms with Crippen LogP contribution >= 0.6 is 0 Å². The molecule has 3 aromatic rings. The van der Waals surface area contributed by atoms with E-state index in [0.717, 1.165) is 65.4 Å². The first-order valence-corrected chi connectivity index (χ1v) is 16.7. The average molecular weight is 621 g/mol. The Morgan fingerprint density at radius 3 is 2.23 bits per heavy atom. The predicted molar refractivity (Wildman–Crippen MR) is 171 cm³/mol. The first-order valence-electron chi connectivity index (χ1n) is 14.8. The molecule has 0 aliphatic heterocycles. The highest BCUT2D eigenvalue weighted by atomic mass is 32.2. The Hall–Kier alpha value is -4.25. The van der Waals surface area contributed by atoms with Crippen LogP contribution in [-0.2, 0) is 32.6 Å². The van der Waals surface area contributed by atoms with E-state index in [1.165, 1.54) is 17.0 Å². The molecule has 1 atom stereocenters. The van der Waals surface area contributed by atoms with Crippen LogP contribution in [0.4, 0.5) is 11.4 Å². The van der Waals surface area contributed by atoms with E-state index < -0.39 is 33.4 Å². The molecule has 10 nitrogen and oxygen atoms in total. The molecule has 3 aromatic carbocycles. The van der Waals surface area contributed by atoms with Crippen LogP contribution in [0.5, 0.6) is 0 Å². The SMILES string of the molecule is Cc1ccc(CN(C(=O)CN(c2cc([N+](=O)[O-])ccc2C)S(C)(=O)=O)C(Cc2ccccc2)C(=O)NC2CCCCC2)cc1. The number of rotatable bonds is 12. The third kappa shape index (κ3) is 8.66. The number of carbonyl (C=O) groups is 2. The van der Waals surface area contributed by atoms with E-state index in [4.69, 9.17) is 0 Å². The third-order valence-electron chi connectivity index (χ3n) is 8.05. The van der Waals surface area contributed by atoms with Crippen molar-refractivity contribution in [2.75, 3.05) is 17.1 Å². The van der Waals surface area contributed by atoms with Crippen LogP contribution in [-0.4, -0.2) is 54.9 Å². The number of anilines is 1. The molecule has 0 saturated heterocycles. The summed E-state index contributed by atoms with van der Waals surface area (Å²) in [5, 5.41) is 14.7. The lowest BCUT2D eigenvalue weighted by molar-refractivity contribution is -0.384. The van der Waals surface area contributed by atoms with Gasteiger partial charge < -0.3 is 10.2 Å². The topological polar surface area (TPSA) is 130 Å². The van der Waals surface area contributed by atoms with E-state index >= 15 is 0 Å². The average Bonchev–Trinajstić information content (AvgIpc) is 2.99. The van der Waals surface area contributed by atoms with Gasteiger partial charge in [-0.2, -0.15) is 0 Å². The van der Waals surface area contributed by atoms with E-state index in [2.05, 4.69) is 5.32 Å². The van der Waals surface area contributed by atoms with Crippen LogP contribution < -0.4 is 9.62 Å². The van der Waals surface area contributed by atoms with E-state index in [1.807, 2.05) is 61.5 Å². The molecule has 0 bridgehead atoms. The van der Waals surface area contributed by atoms with Crippen molar-refractivity contribution in [2.24, 2.45) is 0 Å². The maximum Gasteiger partial charge on any atom is 0.271 e. The Bertz CT molecular complexity index is 1570. The Balaban J connectivity index is 1.75. The van der Waals surface area contributed by atoms with Crippen LogP contribution in [0, 0.1) is 24.0 Å². The van der Waals surface area contributed by atoms with Crippen molar-refractivity contribution in [3.05, 3.63) is 105 Å². The molecule has 11 heteroatoms. The number of non-ortho nitro benzene ring substituents is 1. The lowest BCUT2D eigenvalue weighted by atomic mass is 9.94. The smallest absolute Gasteiger partial charge is 0.271 e. The van der Waals surface area contributed by atoms with Crippen molar-refractivity contribution in [1.29, 1.82) is 0 Å². The molecule has 1 aliphatic rings. The largest absolute Gasteiger partial charge is 0.352 e. The summed E-state index contributed by atoms with van der Waals surface area (Å²) in [7, 11) is -4.05. The Morgan fingerprint density at radius 2 is 1.61 bits per heavy atom. The van der Waals surface area contributed by atoms with E-state index in [9.17, 15) is 28.1 Å². The number of hydrogen-bond acceptors (Lipinski definition) is 6. The minimum absolute atomic E-state index is 0.00545. The molecule has 0 heterocycles. The number of carbonyl (C=O) groups excluding carboxylic acids is 2. The van der Waals surface area contributed by atoms with Gasteiger partial charge in [-0.3, -0.25) is 24.0 Å². The number of sulfonamides is 1. The fourth-order valence-corrected chi connectivity index (χ4v) is 6.46. The molecular formula is C33H40N4O6S. The molecule has 1 aliphatic carbocycles. The Kier molecular flexibility index (Phi) is 10.7. The zero-order valence-corrected chi connectivity index (χ0v) is 26.3. The van der Waals surface area contributed by atoms with Crippen molar-refractivity contribution in [1.82, 2.24) is 10.2 Å². The minimum atomic E-state index is -4.05. The lowest BCUT2D eigenvalue weighted by Crippen LogP contribution is -2.55. The minimum Gasteiger partial charge on any atom is -0.352 e. The van der Waals surface area contributed by atoms with Gasteiger partial charge in [0.05, 0.1) is 16.9 Å². The zero-order chi connectivity index (χ0) is 31.9. The lowest BCUT2D eigenvalue weighted by Gasteiger charge is -2.35. The fourth-order valence-electron chi connectivity index (χ4n) is 5.56. The van der Waals surface area contributed by atoms with Crippen LogP contribution in [0.1, 0.15) is 54.4 Å². The summed E-state index contributed by atoms with van der Waals surface area (Å²) in [5.74, 6) is -0.889. The summed E-state index contributed by atoms with van der Waals surface area (Å²) in [6.45, 7) is 3.02. The van der Waals surface area contributed by atoms with Gasteiger partial charge in [0.15, 0.2) is 0 Å². The zero-order valence-electron chi connectivity index (χ0n) is 25.4. The molecule has 1 unspecified atom stereocenters. The number of nitrogens with zero attached hydrogens (tertiary/aromatic N) is 3. The molecule has 2 amide bonds. The molecule has 0 aromatic heterocycles. The second-order valence-electron chi connectivity index (χ2n) is 11.6. The highest BCUT2D eigenvalue weighted by Crippen LogP contribution is 2.28. The maximum atomic E-state index is 14.3. The number of nitro groups is 1. The van der Waals surface area contributed by atoms with Crippen LogP contribution in [0.3, 0.4) is 0 Å². The molecule has 0 spiro atoms. The third-order valence-corrected chi connectivity index (χ3v) is 9.17. The Labute approximate surface area is 259 Å². The molecule has 0 radical (unpaired) electrons. The van der Waals surface area contributed by atoms with Crippen LogP contribution in [0.2, 0.25) is 0 Å². The first-order chi connectivity index (χ1) is 20.9. The molecule has 1 N–H and O–H groups in total. The highest BCUT2D eigenvalue weighted by molar-refractivity contribution is 7.92. The fraction of sp³-hybridized carbons (Fsp3) is 0.394.